The largest absolute Gasteiger partial charge is 0.333 e. The summed E-state index contributed by atoms with van der Waals surface area (Å²) in [6.45, 7) is 6.75. The van der Waals surface area contributed by atoms with Gasteiger partial charge in [-0.15, -0.1) is 0 Å². The maximum absolute atomic E-state index is 12.6. The van der Waals surface area contributed by atoms with Crippen molar-refractivity contribution in [2.75, 3.05) is 19.6 Å². The molecule has 1 saturated heterocycles. The van der Waals surface area contributed by atoms with Crippen molar-refractivity contribution in [2.24, 2.45) is 0 Å². The fourth-order valence-corrected chi connectivity index (χ4v) is 2.44. The lowest BCUT2D eigenvalue weighted by Crippen LogP contribution is -2.42. The number of pyridine rings is 1. The van der Waals surface area contributed by atoms with E-state index in [1.54, 1.807) is 6.20 Å². The lowest BCUT2D eigenvalue weighted by Gasteiger charge is -2.28. The van der Waals surface area contributed by atoms with E-state index in [1.165, 1.54) is 0 Å². The van der Waals surface area contributed by atoms with Crippen LogP contribution >= 0.6 is 0 Å². The Balaban J connectivity index is 2.20. The van der Waals surface area contributed by atoms with Crippen molar-refractivity contribution in [3.63, 3.8) is 0 Å². The van der Waals surface area contributed by atoms with Gasteiger partial charge in [-0.05, 0) is 37.9 Å². The van der Waals surface area contributed by atoms with Crippen LogP contribution in [0.2, 0.25) is 0 Å². The first-order valence-electron chi connectivity index (χ1n) is 6.67. The van der Waals surface area contributed by atoms with Crippen LogP contribution in [0.25, 0.3) is 0 Å². The quantitative estimate of drug-likeness (QED) is 0.879. The van der Waals surface area contributed by atoms with Gasteiger partial charge in [-0.1, -0.05) is 13.0 Å². The highest BCUT2D eigenvalue weighted by Gasteiger charge is 2.27. The lowest BCUT2D eigenvalue weighted by atomic mass is 10.1. The highest BCUT2D eigenvalue weighted by atomic mass is 16.2. The van der Waals surface area contributed by atoms with Gasteiger partial charge in [0.2, 0.25) is 0 Å². The van der Waals surface area contributed by atoms with Crippen LogP contribution in [0.3, 0.4) is 0 Å². The summed E-state index contributed by atoms with van der Waals surface area (Å²) in [5, 5.41) is 3.32. The summed E-state index contributed by atoms with van der Waals surface area (Å²) >= 11 is 0. The van der Waals surface area contributed by atoms with Gasteiger partial charge in [0.15, 0.2) is 0 Å². The summed E-state index contributed by atoms with van der Waals surface area (Å²) in [4.78, 5) is 18.8. The molecule has 98 valence electrons. The molecule has 2 heterocycles. The van der Waals surface area contributed by atoms with E-state index in [0.29, 0.717) is 11.7 Å². The Labute approximate surface area is 108 Å². The summed E-state index contributed by atoms with van der Waals surface area (Å²) in [5.74, 6) is 0.0728. The summed E-state index contributed by atoms with van der Waals surface area (Å²) in [7, 11) is 0. The van der Waals surface area contributed by atoms with Crippen LogP contribution in [0, 0.1) is 6.92 Å². The van der Waals surface area contributed by atoms with E-state index >= 15 is 0 Å². The Kier molecular flexibility index (Phi) is 4.31. The van der Waals surface area contributed by atoms with Crippen molar-refractivity contribution in [3.05, 3.63) is 29.6 Å². The van der Waals surface area contributed by atoms with Gasteiger partial charge >= 0.3 is 0 Å². The molecule has 1 unspecified atom stereocenters. The first-order chi connectivity index (χ1) is 8.74. The smallest absolute Gasteiger partial charge is 0.273 e. The molecule has 0 aliphatic carbocycles. The van der Waals surface area contributed by atoms with Crippen molar-refractivity contribution in [2.45, 2.75) is 32.7 Å². The number of aryl methyl sites for hydroxylation is 1. The van der Waals surface area contributed by atoms with Gasteiger partial charge < -0.3 is 10.2 Å². The van der Waals surface area contributed by atoms with E-state index in [9.17, 15) is 4.79 Å². The molecule has 0 bridgehead atoms. The Bertz CT molecular complexity index is 413. The van der Waals surface area contributed by atoms with Gasteiger partial charge in [0.1, 0.15) is 5.69 Å². The predicted molar refractivity (Wildman–Crippen MR) is 71.6 cm³/mol. The van der Waals surface area contributed by atoms with Crippen molar-refractivity contribution >= 4 is 5.91 Å². The summed E-state index contributed by atoms with van der Waals surface area (Å²) in [6, 6.07) is 4.13. The molecule has 1 fully saturated rings. The highest BCUT2D eigenvalue weighted by Crippen LogP contribution is 2.15. The number of amides is 1. The summed E-state index contributed by atoms with van der Waals surface area (Å²) < 4.78 is 0. The SMILES string of the molecule is CCCN(C(=O)c1ncccc1C)C1CCNC1. The molecule has 1 aliphatic rings. The van der Waals surface area contributed by atoms with Crippen LogP contribution in [0.4, 0.5) is 0 Å². The Morgan fingerprint density at radius 1 is 1.61 bits per heavy atom. The fourth-order valence-electron chi connectivity index (χ4n) is 2.44. The van der Waals surface area contributed by atoms with Crippen LogP contribution < -0.4 is 5.32 Å². The average molecular weight is 247 g/mol. The second-order valence-electron chi connectivity index (χ2n) is 4.81. The van der Waals surface area contributed by atoms with E-state index in [2.05, 4.69) is 17.2 Å². The molecular weight excluding hydrogens is 226 g/mol. The second kappa shape index (κ2) is 5.96. The van der Waals surface area contributed by atoms with Gasteiger partial charge in [0.05, 0.1) is 0 Å². The van der Waals surface area contributed by atoms with E-state index in [-0.39, 0.29) is 5.91 Å². The predicted octanol–water partition coefficient (Wildman–Crippen LogP) is 1.60. The number of carbonyl (C=O) groups is 1. The van der Waals surface area contributed by atoms with E-state index < -0.39 is 0 Å². The lowest BCUT2D eigenvalue weighted by molar-refractivity contribution is 0.0685. The zero-order valence-electron chi connectivity index (χ0n) is 11.1. The number of rotatable bonds is 4. The standard InChI is InChI=1S/C14H21N3O/c1-3-9-17(12-6-8-15-10-12)14(18)13-11(2)5-4-7-16-13/h4-5,7,12,15H,3,6,8-10H2,1-2H3. The van der Waals surface area contributed by atoms with Crippen LogP contribution in [0.1, 0.15) is 35.8 Å². The minimum absolute atomic E-state index is 0.0728. The molecule has 0 aromatic carbocycles. The number of hydrogen-bond acceptors (Lipinski definition) is 3. The highest BCUT2D eigenvalue weighted by molar-refractivity contribution is 5.93. The third-order valence-corrected chi connectivity index (χ3v) is 3.41. The normalized spacial score (nSPS) is 18.9. The molecule has 1 N–H and O–H groups in total. The van der Waals surface area contributed by atoms with Crippen molar-refractivity contribution < 1.29 is 4.79 Å². The molecule has 1 aromatic heterocycles. The van der Waals surface area contributed by atoms with Gasteiger partial charge in [-0.3, -0.25) is 9.78 Å². The molecular formula is C14H21N3O. The topological polar surface area (TPSA) is 45.2 Å². The molecule has 4 heteroatoms. The van der Waals surface area contributed by atoms with E-state index in [4.69, 9.17) is 0 Å². The zero-order valence-corrected chi connectivity index (χ0v) is 11.1. The fraction of sp³-hybridized carbons (Fsp3) is 0.571. The number of nitrogens with zero attached hydrogens (tertiary/aromatic N) is 2. The summed E-state index contributed by atoms with van der Waals surface area (Å²) in [5.41, 5.74) is 1.55. The molecule has 2 rings (SSSR count). The third-order valence-electron chi connectivity index (χ3n) is 3.41. The molecule has 0 radical (unpaired) electrons. The molecule has 1 amide bonds. The van der Waals surface area contributed by atoms with Crippen LogP contribution in [0.15, 0.2) is 18.3 Å². The van der Waals surface area contributed by atoms with Crippen molar-refractivity contribution in [1.82, 2.24) is 15.2 Å². The first-order valence-corrected chi connectivity index (χ1v) is 6.67. The number of carbonyl (C=O) groups excluding carboxylic acids is 1. The average Bonchev–Trinajstić information content (AvgIpc) is 2.89. The molecule has 18 heavy (non-hydrogen) atoms. The number of aromatic nitrogens is 1. The van der Waals surface area contributed by atoms with Gasteiger partial charge in [-0.2, -0.15) is 0 Å². The number of hydrogen-bond donors (Lipinski definition) is 1. The van der Waals surface area contributed by atoms with Gasteiger partial charge in [-0.25, -0.2) is 0 Å². The Morgan fingerprint density at radius 2 is 2.44 bits per heavy atom. The van der Waals surface area contributed by atoms with Crippen LogP contribution in [0.5, 0.6) is 0 Å². The molecule has 0 saturated carbocycles. The Morgan fingerprint density at radius 3 is 3.06 bits per heavy atom. The molecule has 1 atom stereocenters. The monoisotopic (exact) mass is 247 g/mol. The van der Waals surface area contributed by atoms with Crippen LogP contribution in [-0.2, 0) is 0 Å². The number of nitrogens with one attached hydrogen (secondary N) is 1. The van der Waals surface area contributed by atoms with E-state index in [1.807, 2.05) is 24.0 Å². The minimum atomic E-state index is 0.0728. The third kappa shape index (κ3) is 2.70. The maximum atomic E-state index is 12.6. The molecule has 4 nitrogen and oxygen atoms in total. The van der Waals surface area contributed by atoms with Crippen LogP contribution in [-0.4, -0.2) is 41.5 Å². The first kappa shape index (κ1) is 13.0. The maximum Gasteiger partial charge on any atom is 0.273 e. The van der Waals surface area contributed by atoms with Crippen molar-refractivity contribution in [3.8, 4) is 0 Å². The van der Waals surface area contributed by atoms with Gasteiger partial charge in [0.25, 0.3) is 5.91 Å². The second-order valence-corrected chi connectivity index (χ2v) is 4.81. The molecule has 1 aliphatic heterocycles. The molecule has 0 spiro atoms. The van der Waals surface area contributed by atoms with Gasteiger partial charge in [0, 0.05) is 25.3 Å². The Hall–Kier alpha value is -1.42. The minimum Gasteiger partial charge on any atom is -0.333 e. The molecule has 1 aromatic rings. The zero-order chi connectivity index (χ0) is 13.0. The van der Waals surface area contributed by atoms with E-state index in [0.717, 1.165) is 38.0 Å². The van der Waals surface area contributed by atoms with Crippen molar-refractivity contribution in [1.29, 1.82) is 0 Å². The summed E-state index contributed by atoms with van der Waals surface area (Å²) in [6.07, 6.45) is 3.71.